The standard InChI is InChI=1S/C17H22N2O3S/c1-12-13(2)23-17(19-12)9-8-16(20)18-10-11-22-15-6-4-14(21-3)5-7-15/h4-7H,8-11H2,1-3H3,(H,18,20). The third kappa shape index (κ3) is 5.56. The molecule has 2 rings (SSSR count). The fraction of sp³-hybridized carbons (Fsp3) is 0.412. The van der Waals surface area contributed by atoms with Crippen LogP contribution in [0.5, 0.6) is 11.5 Å². The molecule has 0 aliphatic rings. The molecule has 0 aliphatic carbocycles. The first-order valence-corrected chi connectivity index (χ1v) is 8.36. The summed E-state index contributed by atoms with van der Waals surface area (Å²) in [7, 11) is 1.62. The number of carbonyl (C=O) groups excluding carboxylic acids is 1. The largest absolute Gasteiger partial charge is 0.497 e. The van der Waals surface area contributed by atoms with E-state index in [1.165, 1.54) is 4.88 Å². The van der Waals surface area contributed by atoms with Gasteiger partial charge in [0, 0.05) is 17.7 Å². The van der Waals surface area contributed by atoms with E-state index in [9.17, 15) is 4.79 Å². The lowest BCUT2D eigenvalue weighted by molar-refractivity contribution is -0.121. The molecule has 1 aromatic heterocycles. The van der Waals surface area contributed by atoms with Crippen molar-refractivity contribution in [3.05, 3.63) is 39.8 Å². The first-order chi connectivity index (χ1) is 11.1. The minimum absolute atomic E-state index is 0.0221. The van der Waals surface area contributed by atoms with Crippen molar-refractivity contribution in [2.75, 3.05) is 20.3 Å². The predicted molar refractivity (Wildman–Crippen MR) is 91.4 cm³/mol. The fourth-order valence-corrected chi connectivity index (χ4v) is 2.92. The molecule has 5 nitrogen and oxygen atoms in total. The molecule has 1 amide bonds. The number of thiazole rings is 1. The number of methoxy groups -OCH3 is 1. The summed E-state index contributed by atoms with van der Waals surface area (Å²) < 4.78 is 10.6. The maximum atomic E-state index is 11.8. The summed E-state index contributed by atoms with van der Waals surface area (Å²) in [6.45, 7) is 4.97. The minimum Gasteiger partial charge on any atom is -0.497 e. The van der Waals surface area contributed by atoms with E-state index in [-0.39, 0.29) is 5.91 Å². The van der Waals surface area contributed by atoms with Crippen LogP contribution in [0, 0.1) is 13.8 Å². The van der Waals surface area contributed by atoms with Crippen molar-refractivity contribution in [3.8, 4) is 11.5 Å². The van der Waals surface area contributed by atoms with Gasteiger partial charge in [0.15, 0.2) is 0 Å². The lowest BCUT2D eigenvalue weighted by Gasteiger charge is -2.08. The summed E-state index contributed by atoms with van der Waals surface area (Å²) in [4.78, 5) is 17.4. The second-order valence-corrected chi connectivity index (χ2v) is 6.41. The van der Waals surface area contributed by atoms with Gasteiger partial charge in [-0.25, -0.2) is 4.98 Å². The monoisotopic (exact) mass is 334 g/mol. The van der Waals surface area contributed by atoms with E-state index in [0.29, 0.717) is 26.0 Å². The fourth-order valence-electron chi connectivity index (χ4n) is 1.99. The van der Waals surface area contributed by atoms with Crippen LogP contribution in [0.4, 0.5) is 0 Å². The van der Waals surface area contributed by atoms with E-state index in [0.717, 1.165) is 22.2 Å². The summed E-state index contributed by atoms with van der Waals surface area (Å²) in [5.74, 6) is 1.57. The van der Waals surface area contributed by atoms with Gasteiger partial charge in [-0.2, -0.15) is 0 Å². The first kappa shape index (κ1) is 17.3. The van der Waals surface area contributed by atoms with Gasteiger partial charge in [-0.3, -0.25) is 4.79 Å². The number of nitrogens with zero attached hydrogens (tertiary/aromatic N) is 1. The number of hydrogen-bond donors (Lipinski definition) is 1. The van der Waals surface area contributed by atoms with Gasteiger partial charge in [0.05, 0.1) is 24.4 Å². The Kier molecular flexibility index (Phi) is 6.40. The van der Waals surface area contributed by atoms with Gasteiger partial charge in [-0.15, -0.1) is 11.3 Å². The minimum atomic E-state index is 0.0221. The molecule has 1 N–H and O–H groups in total. The van der Waals surface area contributed by atoms with Gasteiger partial charge in [-0.05, 0) is 38.1 Å². The average molecular weight is 334 g/mol. The Labute approximate surface area is 140 Å². The quantitative estimate of drug-likeness (QED) is 0.754. The molecule has 124 valence electrons. The normalized spacial score (nSPS) is 10.4. The van der Waals surface area contributed by atoms with Gasteiger partial charge in [0.1, 0.15) is 18.1 Å². The van der Waals surface area contributed by atoms with Crippen molar-refractivity contribution >= 4 is 17.2 Å². The van der Waals surface area contributed by atoms with Crippen LogP contribution in [-0.2, 0) is 11.2 Å². The van der Waals surface area contributed by atoms with Gasteiger partial charge in [0.2, 0.25) is 5.91 Å². The number of benzene rings is 1. The van der Waals surface area contributed by atoms with Crippen LogP contribution in [-0.4, -0.2) is 31.2 Å². The lowest BCUT2D eigenvalue weighted by atomic mass is 10.3. The van der Waals surface area contributed by atoms with Crippen LogP contribution in [0.15, 0.2) is 24.3 Å². The van der Waals surface area contributed by atoms with Gasteiger partial charge in [0.25, 0.3) is 0 Å². The highest BCUT2D eigenvalue weighted by Gasteiger charge is 2.07. The topological polar surface area (TPSA) is 60.5 Å². The Bertz CT molecular complexity index is 618. The molecule has 0 saturated carbocycles. The second-order valence-electron chi connectivity index (χ2n) is 5.12. The summed E-state index contributed by atoms with van der Waals surface area (Å²) in [6.07, 6.45) is 1.14. The summed E-state index contributed by atoms with van der Waals surface area (Å²) in [5, 5.41) is 3.87. The Balaban J connectivity index is 1.62. The zero-order chi connectivity index (χ0) is 16.7. The molecular formula is C17H22N2O3S. The molecule has 1 heterocycles. The molecule has 0 fully saturated rings. The maximum Gasteiger partial charge on any atom is 0.220 e. The number of rotatable bonds is 8. The van der Waals surface area contributed by atoms with Gasteiger partial charge < -0.3 is 14.8 Å². The first-order valence-electron chi connectivity index (χ1n) is 7.55. The molecule has 2 aromatic rings. The van der Waals surface area contributed by atoms with E-state index in [4.69, 9.17) is 9.47 Å². The zero-order valence-electron chi connectivity index (χ0n) is 13.7. The summed E-state index contributed by atoms with van der Waals surface area (Å²) in [5.41, 5.74) is 1.05. The highest BCUT2D eigenvalue weighted by atomic mass is 32.1. The summed E-state index contributed by atoms with van der Waals surface area (Å²) >= 11 is 1.66. The van der Waals surface area contributed by atoms with Gasteiger partial charge in [-0.1, -0.05) is 0 Å². The van der Waals surface area contributed by atoms with Crippen molar-refractivity contribution in [1.29, 1.82) is 0 Å². The molecule has 0 radical (unpaired) electrons. The van der Waals surface area contributed by atoms with Crippen LogP contribution in [0.1, 0.15) is 22.0 Å². The second kappa shape index (κ2) is 8.53. The Morgan fingerprint density at radius 1 is 1.22 bits per heavy atom. The smallest absolute Gasteiger partial charge is 0.220 e. The molecule has 0 unspecified atom stereocenters. The van der Waals surface area contributed by atoms with Crippen molar-refractivity contribution < 1.29 is 14.3 Å². The van der Waals surface area contributed by atoms with Crippen molar-refractivity contribution in [1.82, 2.24) is 10.3 Å². The lowest BCUT2D eigenvalue weighted by Crippen LogP contribution is -2.28. The van der Waals surface area contributed by atoms with E-state index in [1.807, 2.05) is 38.1 Å². The Hall–Kier alpha value is -2.08. The molecule has 1 aromatic carbocycles. The third-order valence-electron chi connectivity index (χ3n) is 3.39. The third-order valence-corrected chi connectivity index (χ3v) is 4.52. The van der Waals surface area contributed by atoms with Crippen LogP contribution < -0.4 is 14.8 Å². The van der Waals surface area contributed by atoms with E-state index < -0.39 is 0 Å². The molecule has 0 atom stereocenters. The van der Waals surface area contributed by atoms with Crippen molar-refractivity contribution in [3.63, 3.8) is 0 Å². The number of carbonyl (C=O) groups is 1. The molecule has 0 aliphatic heterocycles. The maximum absolute atomic E-state index is 11.8. The van der Waals surface area contributed by atoms with E-state index in [2.05, 4.69) is 10.3 Å². The number of ether oxygens (including phenoxy) is 2. The Morgan fingerprint density at radius 3 is 2.52 bits per heavy atom. The molecule has 0 bridgehead atoms. The average Bonchev–Trinajstić information content (AvgIpc) is 2.88. The van der Waals surface area contributed by atoms with Crippen molar-refractivity contribution in [2.45, 2.75) is 26.7 Å². The number of aryl methyl sites for hydroxylation is 3. The number of hydrogen-bond acceptors (Lipinski definition) is 5. The number of amides is 1. The van der Waals surface area contributed by atoms with Crippen molar-refractivity contribution in [2.24, 2.45) is 0 Å². The molecule has 23 heavy (non-hydrogen) atoms. The highest BCUT2D eigenvalue weighted by molar-refractivity contribution is 7.11. The van der Waals surface area contributed by atoms with Crippen LogP contribution >= 0.6 is 11.3 Å². The summed E-state index contributed by atoms with van der Waals surface area (Å²) in [6, 6.07) is 7.36. The zero-order valence-corrected chi connectivity index (χ0v) is 14.5. The SMILES string of the molecule is COc1ccc(OCCNC(=O)CCc2nc(C)c(C)s2)cc1. The highest BCUT2D eigenvalue weighted by Crippen LogP contribution is 2.18. The van der Waals surface area contributed by atoms with Crippen LogP contribution in [0.3, 0.4) is 0 Å². The van der Waals surface area contributed by atoms with Crippen LogP contribution in [0.25, 0.3) is 0 Å². The van der Waals surface area contributed by atoms with Crippen LogP contribution in [0.2, 0.25) is 0 Å². The Morgan fingerprint density at radius 2 is 1.91 bits per heavy atom. The molecule has 0 saturated heterocycles. The number of nitrogens with one attached hydrogen (secondary N) is 1. The van der Waals surface area contributed by atoms with E-state index >= 15 is 0 Å². The molecule has 6 heteroatoms. The van der Waals surface area contributed by atoms with E-state index in [1.54, 1.807) is 18.4 Å². The molecule has 0 spiro atoms. The number of aromatic nitrogens is 1. The van der Waals surface area contributed by atoms with Gasteiger partial charge >= 0.3 is 0 Å². The predicted octanol–water partition coefficient (Wildman–Crippen LogP) is 2.90. The molecular weight excluding hydrogens is 312 g/mol.